The molecular weight excluding hydrogens is 236 g/mol. The second-order valence-corrected chi connectivity index (χ2v) is 6.18. The molecule has 3 nitrogen and oxygen atoms in total. The van der Waals surface area contributed by atoms with Gasteiger partial charge in [-0.3, -0.25) is 0 Å². The summed E-state index contributed by atoms with van der Waals surface area (Å²) in [6.07, 6.45) is 12.4. The second kappa shape index (κ2) is 6.00. The summed E-state index contributed by atoms with van der Waals surface area (Å²) in [7, 11) is 0. The highest BCUT2D eigenvalue weighted by Crippen LogP contribution is 2.34. The molecule has 0 aliphatic heterocycles. The van der Waals surface area contributed by atoms with Crippen LogP contribution in [0.5, 0.6) is 0 Å². The first-order valence-corrected chi connectivity index (χ1v) is 7.84. The molecule has 0 radical (unpaired) electrons. The summed E-state index contributed by atoms with van der Waals surface area (Å²) in [6, 6.07) is 2.11. The molecule has 0 bridgehead atoms. The first-order chi connectivity index (χ1) is 9.33. The van der Waals surface area contributed by atoms with E-state index in [-0.39, 0.29) is 6.10 Å². The fourth-order valence-corrected chi connectivity index (χ4v) is 3.54. The number of aromatic nitrogens is 2. The van der Waals surface area contributed by atoms with Crippen LogP contribution in [0.25, 0.3) is 0 Å². The monoisotopic (exact) mass is 260 g/mol. The van der Waals surface area contributed by atoms with Crippen LogP contribution in [0.15, 0.2) is 12.3 Å². The number of hydrogen-bond donors (Lipinski definition) is 1. The van der Waals surface area contributed by atoms with Gasteiger partial charge >= 0.3 is 0 Å². The van der Waals surface area contributed by atoms with Gasteiger partial charge in [0.25, 0.3) is 0 Å². The predicted octanol–water partition coefficient (Wildman–Crippen LogP) is 3.54. The van der Waals surface area contributed by atoms with E-state index in [1.54, 1.807) is 0 Å². The van der Waals surface area contributed by atoms with Crippen molar-refractivity contribution in [2.24, 2.45) is 0 Å². The molecule has 1 aromatic heterocycles. The third-order valence-corrected chi connectivity index (χ3v) is 4.78. The maximum absolute atomic E-state index is 9.59. The molecule has 0 spiro atoms. The molecule has 2 aliphatic rings. The zero-order valence-corrected chi connectivity index (χ0v) is 11.6. The summed E-state index contributed by atoms with van der Waals surface area (Å²) in [5.41, 5.74) is 1.26. The Morgan fingerprint density at radius 2 is 1.63 bits per heavy atom. The van der Waals surface area contributed by atoms with Crippen molar-refractivity contribution in [2.45, 2.75) is 75.7 Å². The lowest BCUT2D eigenvalue weighted by Gasteiger charge is -2.26. The first-order valence-electron chi connectivity index (χ1n) is 7.84. The Labute approximate surface area is 115 Å². The maximum Gasteiger partial charge on any atom is 0.131 e. The number of aliphatic hydroxyl groups excluding tert-OH is 1. The van der Waals surface area contributed by atoms with Crippen molar-refractivity contribution in [1.82, 2.24) is 9.97 Å². The van der Waals surface area contributed by atoms with Crippen molar-refractivity contribution in [3.63, 3.8) is 0 Å². The lowest BCUT2D eigenvalue weighted by Crippen LogP contribution is -2.19. The largest absolute Gasteiger partial charge is 0.393 e. The van der Waals surface area contributed by atoms with E-state index in [4.69, 9.17) is 4.98 Å². The van der Waals surface area contributed by atoms with E-state index in [9.17, 15) is 5.11 Å². The van der Waals surface area contributed by atoms with E-state index in [2.05, 4.69) is 11.1 Å². The molecule has 1 heterocycles. The van der Waals surface area contributed by atoms with Crippen LogP contribution in [0.2, 0.25) is 0 Å². The molecule has 3 heteroatoms. The van der Waals surface area contributed by atoms with Crippen LogP contribution < -0.4 is 0 Å². The normalized spacial score (nSPS) is 29.3. The minimum atomic E-state index is -0.0993. The van der Waals surface area contributed by atoms with Gasteiger partial charge in [-0.25, -0.2) is 9.97 Å². The van der Waals surface area contributed by atoms with Crippen molar-refractivity contribution in [3.05, 3.63) is 23.8 Å². The highest BCUT2D eigenvalue weighted by atomic mass is 16.3. The summed E-state index contributed by atoms with van der Waals surface area (Å²) >= 11 is 0. The van der Waals surface area contributed by atoms with Gasteiger partial charge in [-0.15, -0.1) is 0 Å². The fourth-order valence-electron chi connectivity index (χ4n) is 3.54. The quantitative estimate of drug-likeness (QED) is 0.884. The molecule has 2 aliphatic carbocycles. The number of nitrogens with zero attached hydrogens (tertiary/aromatic N) is 2. The molecule has 2 saturated carbocycles. The van der Waals surface area contributed by atoms with E-state index in [1.165, 1.54) is 37.8 Å². The molecule has 0 saturated heterocycles. The van der Waals surface area contributed by atoms with Gasteiger partial charge in [0, 0.05) is 23.7 Å². The van der Waals surface area contributed by atoms with Crippen LogP contribution in [0, 0.1) is 0 Å². The highest BCUT2D eigenvalue weighted by Gasteiger charge is 2.24. The SMILES string of the molecule is OC1CCC(c2nccc(C3CCCCC3)n2)CC1. The Morgan fingerprint density at radius 3 is 2.37 bits per heavy atom. The number of aliphatic hydroxyl groups is 1. The summed E-state index contributed by atoms with van der Waals surface area (Å²) in [5, 5.41) is 9.59. The molecule has 0 unspecified atom stereocenters. The van der Waals surface area contributed by atoms with Crippen LogP contribution in [-0.2, 0) is 0 Å². The lowest BCUT2D eigenvalue weighted by molar-refractivity contribution is 0.121. The number of rotatable bonds is 2. The molecule has 104 valence electrons. The summed E-state index contributed by atoms with van der Waals surface area (Å²) in [6.45, 7) is 0. The number of hydrogen-bond acceptors (Lipinski definition) is 3. The van der Waals surface area contributed by atoms with Gasteiger partial charge < -0.3 is 5.11 Å². The third kappa shape index (κ3) is 3.14. The van der Waals surface area contributed by atoms with Crippen LogP contribution >= 0.6 is 0 Å². The Balaban J connectivity index is 1.72. The Kier molecular flexibility index (Phi) is 4.12. The Hall–Kier alpha value is -0.960. The molecule has 3 rings (SSSR count). The van der Waals surface area contributed by atoms with Gasteiger partial charge in [0.05, 0.1) is 6.10 Å². The fraction of sp³-hybridized carbons (Fsp3) is 0.750. The van der Waals surface area contributed by atoms with E-state index in [1.807, 2.05) is 6.20 Å². The molecular formula is C16H24N2O. The van der Waals surface area contributed by atoms with Gasteiger partial charge in [-0.2, -0.15) is 0 Å². The van der Waals surface area contributed by atoms with Gasteiger partial charge in [0.15, 0.2) is 0 Å². The molecule has 0 aromatic carbocycles. The van der Waals surface area contributed by atoms with Crippen LogP contribution in [-0.4, -0.2) is 21.2 Å². The maximum atomic E-state index is 9.59. The minimum absolute atomic E-state index is 0.0993. The lowest BCUT2D eigenvalue weighted by atomic mass is 9.85. The standard InChI is InChI=1S/C16H24N2O/c19-14-8-6-13(7-9-14)16-17-11-10-15(18-16)12-4-2-1-3-5-12/h10-14,19H,1-9H2. The average Bonchev–Trinajstić information content (AvgIpc) is 2.49. The Bertz CT molecular complexity index is 407. The topological polar surface area (TPSA) is 46.0 Å². The van der Waals surface area contributed by atoms with E-state index in [0.29, 0.717) is 11.8 Å². The van der Waals surface area contributed by atoms with Crippen LogP contribution in [0.3, 0.4) is 0 Å². The van der Waals surface area contributed by atoms with Crippen LogP contribution in [0.1, 0.15) is 81.1 Å². The van der Waals surface area contributed by atoms with E-state index < -0.39 is 0 Å². The van der Waals surface area contributed by atoms with Gasteiger partial charge in [0.1, 0.15) is 5.82 Å². The second-order valence-electron chi connectivity index (χ2n) is 6.18. The van der Waals surface area contributed by atoms with Crippen molar-refractivity contribution < 1.29 is 5.11 Å². The van der Waals surface area contributed by atoms with Gasteiger partial charge in [-0.1, -0.05) is 19.3 Å². The Morgan fingerprint density at radius 1 is 0.895 bits per heavy atom. The first kappa shape index (κ1) is 13.0. The smallest absolute Gasteiger partial charge is 0.131 e. The molecule has 2 fully saturated rings. The van der Waals surface area contributed by atoms with Crippen molar-refractivity contribution >= 4 is 0 Å². The summed E-state index contributed by atoms with van der Waals surface area (Å²) in [4.78, 5) is 9.34. The minimum Gasteiger partial charge on any atom is -0.393 e. The molecule has 0 amide bonds. The van der Waals surface area contributed by atoms with Gasteiger partial charge in [-0.05, 0) is 44.6 Å². The molecule has 0 atom stereocenters. The molecule has 19 heavy (non-hydrogen) atoms. The zero-order valence-electron chi connectivity index (χ0n) is 11.6. The highest BCUT2D eigenvalue weighted by molar-refractivity contribution is 5.11. The molecule has 1 aromatic rings. The predicted molar refractivity (Wildman–Crippen MR) is 75.1 cm³/mol. The van der Waals surface area contributed by atoms with Crippen LogP contribution in [0.4, 0.5) is 0 Å². The van der Waals surface area contributed by atoms with E-state index in [0.717, 1.165) is 31.5 Å². The average molecular weight is 260 g/mol. The third-order valence-electron chi connectivity index (χ3n) is 4.78. The summed E-state index contributed by atoms with van der Waals surface area (Å²) < 4.78 is 0. The summed E-state index contributed by atoms with van der Waals surface area (Å²) in [5.74, 6) is 2.14. The molecule has 1 N–H and O–H groups in total. The zero-order chi connectivity index (χ0) is 13.1. The van der Waals surface area contributed by atoms with Crippen molar-refractivity contribution in [1.29, 1.82) is 0 Å². The van der Waals surface area contributed by atoms with Gasteiger partial charge in [0.2, 0.25) is 0 Å². The van der Waals surface area contributed by atoms with Crippen molar-refractivity contribution in [3.8, 4) is 0 Å². The van der Waals surface area contributed by atoms with E-state index >= 15 is 0 Å². The van der Waals surface area contributed by atoms with Crippen molar-refractivity contribution in [2.75, 3.05) is 0 Å².